The second kappa shape index (κ2) is 4.58. The van der Waals surface area contributed by atoms with Crippen molar-refractivity contribution in [2.45, 2.75) is 6.61 Å². The van der Waals surface area contributed by atoms with E-state index < -0.39 is 0 Å². The average Bonchev–Trinajstić information content (AvgIpc) is 2.92. The van der Waals surface area contributed by atoms with Crippen LogP contribution >= 0.6 is 0 Å². The number of nitrogens with zero attached hydrogens (tertiary/aromatic N) is 2. The molecule has 0 aliphatic rings. The number of ether oxygens (including phenoxy) is 1. The van der Waals surface area contributed by atoms with E-state index in [0.29, 0.717) is 6.61 Å². The van der Waals surface area contributed by atoms with Gasteiger partial charge in [-0.3, -0.25) is 0 Å². The van der Waals surface area contributed by atoms with Gasteiger partial charge in [0.25, 0.3) is 0 Å². The van der Waals surface area contributed by atoms with Gasteiger partial charge in [0, 0.05) is 18.1 Å². The minimum atomic E-state index is 0.485. The molecule has 0 saturated carbocycles. The number of imidazole rings is 1. The number of aromatic nitrogens is 3. The van der Waals surface area contributed by atoms with Crippen LogP contribution in [-0.4, -0.2) is 22.1 Å². The van der Waals surface area contributed by atoms with Crippen molar-refractivity contribution in [1.29, 1.82) is 0 Å². The Bertz CT molecular complexity index is 662. The number of aromatic amines is 1. The summed E-state index contributed by atoms with van der Waals surface area (Å²) in [7, 11) is 1.67. The van der Waals surface area contributed by atoms with Gasteiger partial charge in [-0.1, -0.05) is 18.2 Å². The molecule has 90 valence electrons. The SMILES string of the molecule is COCc1nc2ccccc2cc1-c1cnc[nH]1. The van der Waals surface area contributed by atoms with Crippen molar-refractivity contribution in [2.75, 3.05) is 7.11 Å². The molecule has 0 saturated heterocycles. The van der Waals surface area contributed by atoms with Gasteiger partial charge in [0.15, 0.2) is 0 Å². The van der Waals surface area contributed by atoms with Crippen molar-refractivity contribution in [3.63, 3.8) is 0 Å². The van der Waals surface area contributed by atoms with Gasteiger partial charge in [-0.2, -0.15) is 0 Å². The lowest BCUT2D eigenvalue weighted by Gasteiger charge is -2.08. The Morgan fingerprint density at radius 2 is 2.17 bits per heavy atom. The lowest BCUT2D eigenvalue weighted by Crippen LogP contribution is -1.97. The van der Waals surface area contributed by atoms with Gasteiger partial charge >= 0.3 is 0 Å². The number of hydrogen-bond acceptors (Lipinski definition) is 3. The largest absolute Gasteiger partial charge is 0.378 e. The first-order valence-electron chi connectivity index (χ1n) is 5.75. The molecule has 0 atom stereocenters. The molecular weight excluding hydrogens is 226 g/mol. The molecule has 0 radical (unpaired) electrons. The second-order valence-electron chi connectivity index (χ2n) is 4.07. The zero-order valence-corrected chi connectivity index (χ0v) is 10.1. The Morgan fingerprint density at radius 3 is 2.94 bits per heavy atom. The third kappa shape index (κ3) is 1.87. The predicted molar refractivity (Wildman–Crippen MR) is 70.0 cm³/mol. The van der Waals surface area contributed by atoms with Crippen LogP contribution in [0.4, 0.5) is 0 Å². The van der Waals surface area contributed by atoms with Crippen molar-refractivity contribution in [2.24, 2.45) is 0 Å². The van der Waals surface area contributed by atoms with Crippen molar-refractivity contribution in [3.8, 4) is 11.3 Å². The molecule has 1 N–H and O–H groups in total. The lowest BCUT2D eigenvalue weighted by molar-refractivity contribution is 0.182. The number of nitrogens with one attached hydrogen (secondary N) is 1. The quantitative estimate of drug-likeness (QED) is 0.764. The Morgan fingerprint density at radius 1 is 1.28 bits per heavy atom. The molecule has 2 heterocycles. The van der Waals surface area contributed by atoms with Gasteiger partial charge in [0.05, 0.1) is 36.0 Å². The van der Waals surface area contributed by atoms with Gasteiger partial charge in [0.2, 0.25) is 0 Å². The van der Waals surface area contributed by atoms with E-state index in [0.717, 1.165) is 27.9 Å². The Kier molecular flexibility index (Phi) is 2.78. The van der Waals surface area contributed by atoms with Gasteiger partial charge in [-0.25, -0.2) is 9.97 Å². The lowest BCUT2D eigenvalue weighted by atomic mass is 10.1. The van der Waals surface area contributed by atoms with Crippen molar-refractivity contribution < 1.29 is 4.74 Å². The van der Waals surface area contributed by atoms with E-state index in [-0.39, 0.29) is 0 Å². The molecule has 0 bridgehead atoms. The number of benzene rings is 1. The third-order valence-electron chi connectivity index (χ3n) is 2.87. The van der Waals surface area contributed by atoms with Crippen LogP contribution < -0.4 is 0 Å². The van der Waals surface area contributed by atoms with Crippen LogP contribution in [0.25, 0.3) is 22.2 Å². The van der Waals surface area contributed by atoms with E-state index in [4.69, 9.17) is 4.74 Å². The molecule has 4 nitrogen and oxygen atoms in total. The van der Waals surface area contributed by atoms with E-state index in [9.17, 15) is 0 Å². The first-order valence-corrected chi connectivity index (χ1v) is 5.75. The zero-order valence-electron chi connectivity index (χ0n) is 10.1. The maximum absolute atomic E-state index is 5.22. The molecule has 0 spiro atoms. The normalized spacial score (nSPS) is 10.9. The third-order valence-corrected chi connectivity index (χ3v) is 2.87. The van der Waals surface area contributed by atoms with Crippen LogP contribution in [0.1, 0.15) is 5.69 Å². The number of hydrogen-bond donors (Lipinski definition) is 1. The van der Waals surface area contributed by atoms with Crippen LogP contribution in [0.2, 0.25) is 0 Å². The molecule has 0 aliphatic carbocycles. The molecule has 3 rings (SSSR count). The van der Waals surface area contributed by atoms with E-state index in [1.165, 1.54) is 0 Å². The Labute approximate surface area is 105 Å². The summed E-state index contributed by atoms with van der Waals surface area (Å²) >= 11 is 0. The topological polar surface area (TPSA) is 50.8 Å². The molecular formula is C14H13N3O. The maximum atomic E-state index is 5.22. The molecule has 0 amide bonds. The first-order chi connectivity index (χ1) is 8.88. The number of methoxy groups -OCH3 is 1. The van der Waals surface area contributed by atoms with Gasteiger partial charge < -0.3 is 9.72 Å². The summed E-state index contributed by atoms with van der Waals surface area (Å²) < 4.78 is 5.22. The molecule has 0 aliphatic heterocycles. The van der Waals surface area contributed by atoms with Crippen LogP contribution in [0.15, 0.2) is 42.9 Å². The van der Waals surface area contributed by atoms with E-state index in [2.05, 4.69) is 27.1 Å². The van der Waals surface area contributed by atoms with Crippen LogP contribution in [0.5, 0.6) is 0 Å². The van der Waals surface area contributed by atoms with Gasteiger partial charge in [-0.05, 0) is 12.1 Å². The number of rotatable bonds is 3. The summed E-state index contributed by atoms with van der Waals surface area (Å²) in [6.07, 6.45) is 3.46. The highest BCUT2D eigenvalue weighted by molar-refractivity contribution is 5.84. The summed E-state index contributed by atoms with van der Waals surface area (Å²) in [6.45, 7) is 0.485. The standard InChI is InChI=1S/C14H13N3O/c1-18-8-14-11(13-7-15-9-16-13)6-10-4-2-3-5-12(10)17-14/h2-7,9H,8H2,1H3,(H,15,16). The van der Waals surface area contributed by atoms with E-state index >= 15 is 0 Å². The molecule has 4 heteroatoms. The number of H-pyrrole nitrogens is 1. The highest BCUT2D eigenvalue weighted by atomic mass is 16.5. The second-order valence-corrected chi connectivity index (χ2v) is 4.07. The molecule has 0 unspecified atom stereocenters. The number of fused-ring (bicyclic) bond motifs is 1. The summed E-state index contributed by atoms with van der Waals surface area (Å²) in [6, 6.07) is 10.2. The number of para-hydroxylation sites is 1. The highest BCUT2D eigenvalue weighted by Crippen LogP contribution is 2.25. The summed E-state index contributed by atoms with van der Waals surface area (Å²) in [5.41, 5.74) is 3.89. The van der Waals surface area contributed by atoms with E-state index in [1.807, 2.05) is 18.2 Å². The maximum Gasteiger partial charge on any atom is 0.0924 e. The van der Waals surface area contributed by atoms with Gasteiger partial charge in [0.1, 0.15) is 0 Å². The molecule has 2 aromatic heterocycles. The van der Waals surface area contributed by atoms with Crippen LogP contribution in [0.3, 0.4) is 0 Å². The summed E-state index contributed by atoms with van der Waals surface area (Å²) in [5.74, 6) is 0. The summed E-state index contributed by atoms with van der Waals surface area (Å²) in [4.78, 5) is 11.8. The Hall–Kier alpha value is -2.20. The Balaban J connectivity index is 2.24. The fraction of sp³-hybridized carbons (Fsp3) is 0.143. The number of pyridine rings is 1. The molecule has 18 heavy (non-hydrogen) atoms. The smallest absolute Gasteiger partial charge is 0.0924 e. The van der Waals surface area contributed by atoms with E-state index in [1.54, 1.807) is 19.6 Å². The predicted octanol–water partition coefficient (Wildman–Crippen LogP) is 2.77. The average molecular weight is 239 g/mol. The zero-order chi connectivity index (χ0) is 12.4. The summed E-state index contributed by atoms with van der Waals surface area (Å²) in [5, 5.41) is 1.11. The fourth-order valence-electron chi connectivity index (χ4n) is 2.04. The highest BCUT2D eigenvalue weighted by Gasteiger charge is 2.09. The fourth-order valence-corrected chi connectivity index (χ4v) is 2.04. The van der Waals surface area contributed by atoms with Crippen molar-refractivity contribution in [1.82, 2.24) is 15.0 Å². The van der Waals surface area contributed by atoms with Crippen molar-refractivity contribution >= 4 is 10.9 Å². The van der Waals surface area contributed by atoms with Gasteiger partial charge in [-0.15, -0.1) is 0 Å². The minimum absolute atomic E-state index is 0.485. The first kappa shape index (κ1) is 10.9. The minimum Gasteiger partial charge on any atom is -0.378 e. The van der Waals surface area contributed by atoms with Crippen LogP contribution in [0, 0.1) is 0 Å². The van der Waals surface area contributed by atoms with Crippen LogP contribution in [-0.2, 0) is 11.3 Å². The van der Waals surface area contributed by atoms with Crippen molar-refractivity contribution in [3.05, 3.63) is 48.5 Å². The monoisotopic (exact) mass is 239 g/mol. The molecule has 3 aromatic rings. The molecule has 0 fully saturated rings. The molecule has 1 aromatic carbocycles.